The van der Waals surface area contributed by atoms with E-state index in [-0.39, 0.29) is 0 Å². The van der Waals surface area contributed by atoms with Gasteiger partial charge in [0.1, 0.15) is 0 Å². The predicted molar refractivity (Wildman–Crippen MR) is 81.4 cm³/mol. The quantitative estimate of drug-likeness (QED) is 0.628. The Labute approximate surface area is 120 Å². The summed E-state index contributed by atoms with van der Waals surface area (Å²) in [5.74, 6) is 0. The van der Waals surface area contributed by atoms with Crippen LogP contribution < -0.4 is 5.43 Å². The molecule has 2 aromatic carbocycles. The topological polar surface area (TPSA) is 24.4 Å². The first-order valence-electron chi connectivity index (χ1n) is 5.47. The molecule has 0 atom stereocenters. The molecule has 2 rings (SSSR count). The summed E-state index contributed by atoms with van der Waals surface area (Å²) >= 11 is 9.48. The van der Waals surface area contributed by atoms with Gasteiger partial charge < -0.3 is 0 Å². The fourth-order valence-corrected chi connectivity index (χ4v) is 2.05. The van der Waals surface area contributed by atoms with E-state index < -0.39 is 0 Å². The zero-order valence-electron chi connectivity index (χ0n) is 9.82. The van der Waals surface area contributed by atoms with Crippen LogP contribution in [0.5, 0.6) is 0 Å². The van der Waals surface area contributed by atoms with Gasteiger partial charge in [0, 0.05) is 4.47 Å². The van der Waals surface area contributed by atoms with Gasteiger partial charge in [-0.25, -0.2) is 0 Å². The SMILES string of the molecule is C/C(=N/Nc1ccccc1Cl)c1cccc(Br)c1. The molecule has 0 amide bonds. The van der Waals surface area contributed by atoms with E-state index in [1.165, 1.54) is 0 Å². The molecule has 0 aliphatic rings. The molecule has 0 radical (unpaired) electrons. The summed E-state index contributed by atoms with van der Waals surface area (Å²) in [6, 6.07) is 15.5. The number of benzene rings is 2. The minimum atomic E-state index is 0.656. The standard InChI is InChI=1S/C14H12BrClN2/c1-10(11-5-4-6-12(15)9-11)17-18-14-8-3-2-7-13(14)16/h2-9,18H,1H3/b17-10-. The molecule has 2 nitrogen and oxygen atoms in total. The van der Waals surface area contributed by atoms with Gasteiger partial charge in [-0.1, -0.05) is 51.8 Å². The molecular weight excluding hydrogens is 312 g/mol. The van der Waals surface area contributed by atoms with Crippen LogP contribution in [0.25, 0.3) is 0 Å². The molecule has 0 spiro atoms. The summed E-state index contributed by atoms with van der Waals surface area (Å²) < 4.78 is 1.03. The summed E-state index contributed by atoms with van der Waals surface area (Å²) in [6.07, 6.45) is 0. The molecule has 0 unspecified atom stereocenters. The van der Waals surface area contributed by atoms with Gasteiger partial charge in [-0.05, 0) is 36.8 Å². The van der Waals surface area contributed by atoms with Crippen LogP contribution in [0.4, 0.5) is 5.69 Å². The van der Waals surface area contributed by atoms with Crippen LogP contribution in [-0.2, 0) is 0 Å². The van der Waals surface area contributed by atoms with Crippen molar-refractivity contribution in [3.63, 3.8) is 0 Å². The Morgan fingerprint density at radius 3 is 2.67 bits per heavy atom. The number of hydrogen-bond donors (Lipinski definition) is 1. The molecule has 0 bridgehead atoms. The monoisotopic (exact) mass is 322 g/mol. The Bertz CT molecular complexity index is 582. The maximum atomic E-state index is 6.04. The Morgan fingerprint density at radius 1 is 1.17 bits per heavy atom. The van der Waals surface area contributed by atoms with Crippen LogP contribution in [0.15, 0.2) is 58.1 Å². The number of halogens is 2. The van der Waals surface area contributed by atoms with E-state index in [1.54, 1.807) is 0 Å². The maximum absolute atomic E-state index is 6.04. The fraction of sp³-hybridized carbons (Fsp3) is 0.0714. The first kappa shape index (κ1) is 13.1. The van der Waals surface area contributed by atoms with Crippen LogP contribution in [-0.4, -0.2) is 5.71 Å². The van der Waals surface area contributed by atoms with E-state index in [4.69, 9.17) is 11.6 Å². The van der Waals surface area contributed by atoms with Gasteiger partial charge in [0.05, 0.1) is 16.4 Å². The highest BCUT2D eigenvalue weighted by atomic mass is 79.9. The second kappa shape index (κ2) is 6.03. The Morgan fingerprint density at radius 2 is 1.94 bits per heavy atom. The molecule has 0 aromatic heterocycles. The van der Waals surface area contributed by atoms with Crippen LogP contribution in [0, 0.1) is 0 Å². The molecule has 18 heavy (non-hydrogen) atoms. The Kier molecular flexibility index (Phi) is 4.39. The summed E-state index contributed by atoms with van der Waals surface area (Å²) in [5.41, 5.74) is 5.73. The lowest BCUT2D eigenvalue weighted by Crippen LogP contribution is -1.99. The van der Waals surface area contributed by atoms with E-state index in [2.05, 4.69) is 26.5 Å². The van der Waals surface area contributed by atoms with Gasteiger partial charge in [-0.15, -0.1) is 0 Å². The van der Waals surface area contributed by atoms with Crippen molar-refractivity contribution >= 4 is 38.9 Å². The largest absolute Gasteiger partial charge is 0.277 e. The third kappa shape index (κ3) is 3.34. The highest BCUT2D eigenvalue weighted by Crippen LogP contribution is 2.20. The van der Waals surface area contributed by atoms with Crippen molar-refractivity contribution in [2.75, 3.05) is 5.43 Å². The molecule has 92 valence electrons. The maximum Gasteiger partial charge on any atom is 0.0748 e. The highest BCUT2D eigenvalue weighted by molar-refractivity contribution is 9.10. The first-order valence-corrected chi connectivity index (χ1v) is 6.64. The van der Waals surface area contributed by atoms with E-state index in [1.807, 2.05) is 55.5 Å². The summed E-state index contributed by atoms with van der Waals surface area (Å²) in [4.78, 5) is 0. The van der Waals surface area contributed by atoms with Crippen LogP contribution in [0.1, 0.15) is 12.5 Å². The summed E-state index contributed by atoms with van der Waals surface area (Å²) in [7, 11) is 0. The highest BCUT2D eigenvalue weighted by Gasteiger charge is 1.99. The third-order valence-corrected chi connectivity index (χ3v) is 3.28. The van der Waals surface area contributed by atoms with E-state index in [0.29, 0.717) is 5.02 Å². The fourth-order valence-electron chi connectivity index (χ4n) is 1.47. The normalized spacial score (nSPS) is 11.4. The molecule has 4 heteroatoms. The molecule has 0 aliphatic carbocycles. The lowest BCUT2D eigenvalue weighted by Gasteiger charge is -2.05. The van der Waals surface area contributed by atoms with Crippen LogP contribution in [0.3, 0.4) is 0 Å². The van der Waals surface area contributed by atoms with Gasteiger partial charge in [0.2, 0.25) is 0 Å². The molecule has 0 saturated heterocycles. The number of rotatable bonds is 3. The number of anilines is 1. The van der Waals surface area contributed by atoms with E-state index in [0.717, 1.165) is 21.4 Å². The Balaban J connectivity index is 2.17. The van der Waals surface area contributed by atoms with Crippen LogP contribution in [0.2, 0.25) is 5.02 Å². The van der Waals surface area contributed by atoms with E-state index >= 15 is 0 Å². The van der Waals surface area contributed by atoms with Gasteiger partial charge in [0.25, 0.3) is 0 Å². The molecule has 0 saturated carbocycles. The van der Waals surface area contributed by atoms with E-state index in [9.17, 15) is 0 Å². The number of hydrogen-bond acceptors (Lipinski definition) is 2. The number of hydrazone groups is 1. The first-order chi connectivity index (χ1) is 8.66. The number of nitrogens with one attached hydrogen (secondary N) is 1. The molecule has 1 N–H and O–H groups in total. The van der Waals surface area contributed by atoms with Crippen molar-refractivity contribution in [1.29, 1.82) is 0 Å². The second-order valence-electron chi connectivity index (χ2n) is 3.80. The third-order valence-electron chi connectivity index (χ3n) is 2.46. The van der Waals surface area contributed by atoms with Crippen molar-refractivity contribution in [2.45, 2.75) is 6.92 Å². The summed E-state index contributed by atoms with van der Waals surface area (Å²) in [5, 5.41) is 4.98. The van der Waals surface area contributed by atoms with Gasteiger partial charge in [0.15, 0.2) is 0 Å². The predicted octanol–water partition coefficient (Wildman–Crippen LogP) is 4.94. The Hall–Kier alpha value is -1.32. The lowest BCUT2D eigenvalue weighted by molar-refractivity contribution is 1.32. The second-order valence-corrected chi connectivity index (χ2v) is 5.12. The molecule has 0 aliphatic heterocycles. The zero-order valence-corrected chi connectivity index (χ0v) is 12.2. The molecular formula is C14H12BrClN2. The van der Waals surface area contributed by atoms with Crippen LogP contribution >= 0.6 is 27.5 Å². The van der Waals surface area contributed by atoms with Crippen molar-refractivity contribution < 1.29 is 0 Å². The minimum absolute atomic E-state index is 0.656. The average molecular weight is 324 g/mol. The van der Waals surface area contributed by atoms with Gasteiger partial charge in [-0.3, -0.25) is 5.43 Å². The van der Waals surface area contributed by atoms with Crippen molar-refractivity contribution in [1.82, 2.24) is 0 Å². The van der Waals surface area contributed by atoms with Crippen molar-refractivity contribution in [3.8, 4) is 0 Å². The van der Waals surface area contributed by atoms with Gasteiger partial charge in [-0.2, -0.15) is 5.10 Å². The minimum Gasteiger partial charge on any atom is -0.277 e. The number of nitrogens with zero attached hydrogens (tertiary/aromatic N) is 1. The molecule has 0 fully saturated rings. The lowest BCUT2D eigenvalue weighted by atomic mass is 10.1. The number of para-hydroxylation sites is 1. The molecule has 0 heterocycles. The average Bonchev–Trinajstić information content (AvgIpc) is 2.37. The smallest absolute Gasteiger partial charge is 0.0748 e. The molecule has 2 aromatic rings. The zero-order chi connectivity index (χ0) is 13.0. The van der Waals surface area contributed by atoms with Gasteiger partial charge >= 0.3 is 0 Å². The van der Waals surface area contributed by atoms with Crippen molar-refractivity contribution in [3.05, 3.63) is 63.6 Å². The summed E-state index contributed by atoms with van der Waals surface area (Å²) in [6.45, 7) is 1.95. The van der Waals surface area contributed by atoms with Crippen molar-refractivity contribution in [2.24, 2.45) is 5.10 Å².